The summed E-state index contributed by atoms with van der Waals surface area (Å²) in [5, 5.41) is 0. The highest BCUT2D eigenvalue weighted by molar-refractivity contribution is 5.91. The molecule has 2 fully saturated rings. The van der Waals surface area contributed by atoms with Gasteiger partial charge in [0.2, 0.25) is 0 Å². The van der Waals surface area contributed by atoms with Crippen LogP contribution in [0, 0.1) is 10.8 Å². The van der Waals surface area contributed by atoms with Gasteiger partial charge in [-0.2, -0.15) is 0 Å². The van der Waals surface area contributed by atoms with E-state index in [2.05, 4.69) is 13.8 Å². The summed E-state index contributed by atoms with van der Waals surface area (Å²) in [4.78, 5) is 24.8. The number of esters is 2. The maximum Gasteiger partial charge on any atom is 0.338 e. The molecule has 2 heterocycles. The van der Waals surface area contributed by atoms with Gasteiger partial charge in [0.25, 0.3) is 0 Å². The fourth-order valence-corrected chi connectivity index (χ4v) is 4.84. The van der Waals surface area contributed by atoms with Crippen molar-refractivity contribution in [3.8, 4) is 11.1 Å². The van der Waals surface area contributed by atoms with Gasteiger partial charge < -0.3 is 28.4 Å². The normalized spacial score (nSPS) is 16.7. The van der Waals surface area contributed by atoms with Gasteiger partial charge in [-0.3, -0.25) is 0 Å². The molecule has 8 nitrogen and oxygen atoms in total. The second-order valence-electron chi connectivity index (χ2n) is 11.6. The molecular formula is C34H46O8. The molecular weight excluding hydrogens is 536 g/mol. The number of rotatable bonds is 19. The van der Waals surface area contributed by atoms with Gasteiger partial charge in [0.05, 0.1) is 64.0 Å². The highest BCUT2D eigenvalue weighted by Crippen LogP contribution is 2.32. The van der Waals surface area contributed by atoms with Gasteiger partial charge >= 0.3 is 11.9 Å². The van der Waals surface area contributed by atoms with Crippen LogP contribution in [0.3, 0.4) is 0 Å². The molecule has 42 heavy (non-hydrogen) atoms. The summed E-state index contributed by atoms with van der Waals surface area (Å²) in [5.41, 5.74) is 3.32. The zero-order valence-corrected chi connectivity index (χ0v) is 25.2. The van der Waals surface area contributed by atoms with Gasteiger partial charge in [0.15, 0.2) is 0 Å². The van der Waals surface area contributed by atoms with Crippen molar-refractivity contribution in [2.75, 3.05) is 66.1 Å². The summed E-state index contributed by atoms with van der Waals surface area (Å²) in [6, 6.07) is 14.6. The molecule has 0 atom stereocenters. The van der Waals surface area contributed by atoms with E-state index in [1.807, 2.05) is 24.3 Å². The molecule has 2 saturated heterocycles. The SMILES string of the molecule is CCC1(COCCCCOC(=O)c2ccc(-c3ccc(C(=O)OCCCCOCC4(CC)COC4)cc3)cc2)COC1. The third-order valence-electron chi connectivity index (χ3n) is 8.36. The predicted molar refractivity (Wildman–Crippen MR) is 160 cm³/mol. The van der Waals surface area contributed by atoms with E-state index in [1.165, 1.54) is 0 Å². The minimum absolute atomic E-state index is 0.201. The zero-order chi connectivity index (χ0) is 29.7. The predicted octanol–water partition coefficient (Wildman–Crippen LogP) is 6.11. The summed E-state index contributed by atoms with van der Waals surface area (Å²) in [7, 11) is 0. The minimum atomic E-state index is -0.332. The van der Waals surface area contributed by atoms with Gasteiger partial charge in [-0.25, -0.2) is 9.59 Å². The number of benzene rings is 2. The van der Waals surface area contributed by atoms with E-state index in [0.29, 0.717) is 37.6 Å². The molecule has 2 aliphatic rings. The van der Waals surface area contributed by atoms with Crippen molar-refractivity contribution in [3.05, 3.63) is 59.7 Å². The quantitative estimate of drug-likeness (QED) is 0.145. The van der Waals surface area contributed by atoms with Crippen LogP contribution in [-0.4, -0.2) is 78.0 Å². The number of unbranched alkanes of at least 4 members (excludes halogenated alkanes) is 2. The van der Waals surface area contributed by atoms with E-state index < -0.39 is 0 Å². The Bertz CT molecular complexity index is 1000. The lowest BCUT2D eigenvalue weighted by Gasteiger charge is -2.40. The van der Waals surface area contributed by atoms with E-state index in [1.54, 1.807) is 24.3 Å². The Kier molecular flexibility index (Phi) is 12.4. The van der Waals surface area contributed by atoms with E-state index in [0.717, 1.165) is 89.3 Å². The van der Waals surface area contributed by atoms with Gasteiger partial charge in [-0.15, -0.1) is 0 Å². The fourth-order valence-electron chi connectivity index (χ4n) is 4.84. The number of hydrogen-bond acceptors (Lipinski definition) is 8. The van der Waals surface area contributed by atoms with Crippen molar-refractivity contribution in [1.82, 2.24) is 0 Å². The first-order valence-electron chi connectivity index (χ1n) is 15.3. The van der Waals surface area contributed by atoms with Crippen molar-refractivity contribution >= 4 is 11.9 Å². The average molecular weight is 583 g/mol. The minimum Gasteiger partial charge on any atom is -0.462 e. The van der Waals surface area contributed by atoms with Crippen LogP contribution in [0.5, 0.6) is 0 Å². The molecule has 0 bridgehead atoms. The van der Waals surface area contributed by atoms with Gasteiger partial charge in [-0.1, -0.05) is 38.1 Å². The average Bonchev–Trinajstić information content (AvgIpc) is 2.98. The number of ether oxygens (including phenoxy) is 6. The number of carbonyl (C=O) groups excluding carboxylic acids is 2. The second kappa shape index (κ2) is 16.2. The van der Waals surface area contributed by atoms with Crippen LogP contribution in [0.25, 0.3) is 11.1 Å². The second-order valence-corrected chi connectivity index (χ2v) is 11.6. The lowest BCUT2D eigenvalue weighted by atomic mass is 9.84. The Morgan fingerprint density at radius 1 is 0.595 bits per heavy atom. The van der Waals surface area contributed by atoms with Crippen LogP contribution >= 0.6 is 0 Å². The first kappa shape index (κ1) is 32.1. The Balaban J connectivity index is 1.08. The molecule has 0 saturated carbocycles. The molecule has 0 amide bonds. The molecule has 0 aliphatic carbocycles. The number of carbonyl (C=O) groups is 2. The highest BCUT2D eigenvalue weighted by atomic mass is 16.5. The first-order chi connectivity index (χ1) is 20.5. The number of hydrogen-bond donors (Lipinski definition) is 0. The molecule has 230 valence electrons. The molecule has 4 rings (SSSR count). The lowest BCUT2D eigenvalue weighted by molar-refractivity contribution is -0.150. The van der Waals surface area contributed by atoms with Crippen molar-refractivity contribution in [3.63, 3.8) is 0 Å². The molecule has 2 aromatic carbocycles. The first-order valence-corrected chi connectivity index (χ1v) is 15.3. The van der Waals surface area contributed by atoms with Crippen molar-refractivity contribution < 1.29 is 38.0 Å². The van der Waals surface area contributed by atoms with Gasteiger partial charge in [0.1, 0.15) is 0 Å². The van der Waals surface area contributed by atoms with E-state index in [4.69, 9.17) is 28.4 Å². The van der Waals surface area contributed by atoms with Crippen LogP contribution in [0.1, 0.15) is 73.1 Å². The van der Waals surface area contributed by atoms with Gasteiger partial charge in [0, 0.05) is 24.0 Å². The standard InChI is InChI=1S/C34H46O8/c1-3-33(23-39-24-33)21-37-17-5-7-19-41-31(35)29-13-9-27(10-14-29)28-11-15-30(16-12-28)32(36)42-20-8-6-18-38-22-34(4-2)25-40-26-34/h9-16H,3-8,17-26H2,1-2H3. The van der Waals surface area contributed by atoms with E-state index in [9.17, 15) is 9.59 Å². The Hall–Kier alpha value is -2.78. The smallest absolute Gasteiger partial charge is 0.338 e. The summed E-state index contributed by atoms with van der Waals surface area (Å²) < 4.78 is 33.1. The van der Waals surface area contributed by atoms with E-state index in [-0.39, 0.29) is 22.8 Å². The van der Waals surface area contributed by atoms with E-state index >= 15 is 0 Å². The fraction of sp³-hybridized carbons (Fsp3) is 0.588. The van der Waals surface area contributed by atoms with Crippen molar-refractivity contribution in [2.24, 2.45) is 10.8 Å². The Morgan fingerprint density at radius 3 is 1.26 bits per heavy atom. The van der Waals surface area contributed by atoms with Crippen LogP contribution < -0.4 is 0 Å². The highest BCUT2D eigenvalue weighted by Gasteiger charge is 2.37. The summed E-state index contributed by atoms with van der Waals surface area (Å²) in [6.07, 6.45) is 5.36. The molecule has 0 spiro atoms. The maximum absolute atomic E-state index is 12.4. The topological polar surface area (TPSA) is 89.5 Å². The largest absolute Gasteiger partial charge is 0.462 e. The summed E-state index contributed by atoms with van der Waals surface area (Å²) >= 11 is 0. The summed E-state index contributed by atoms with van der Waals surface area (Å²) in [5.74, 6) is -0.664. The molecule has 0 N–H and O–H groups in total. The van der Waals surface area contributed by atoms with Crippen LogP contribution in [0.4, 0.5) is 0 Å². The third kappa shape index (κ3) is 9.11. The van der Waals surface area contributed by atoms with Gasteiger partial charge in [-0.05, 0) is 73.9 Å². The Morgan fingerprint density at radius 2 is 0.952 bits per heavy atom. The van der Waals surface area contributed by atoms with Crippen molar-refractivity contribution in [2.45, 2.75) is 52.4 Å². The Labute approximate surface area is 250 Å². The molecule has 0 unspecified atom stereocenters. The summed E-state index contributed by atoms with van der Waals surface area (Å²) in [6.45, 7) is 11.0. The molecule has 0 radical (unpaired) electrons. The van der Waals surface area contributed by atoms with Crippen LogP contribution in [0.2, 0.25) is 0 Å². The lowest BCUT2D eigenvalue weighted by Crippen LogP contribution is -2.45. The van der Waals surface area contributed by atoms with Crippen LogP contribution in [-0.2, 0) is 28.4 Å². The zero-order valence-electron chi connectivity index (χ0n) is 25.2. The van der Waals surface area contributed by atoms with Crippen molar-refractivity contribution in [1.29, 1.82) is 0 Å². The molecule has 2 aliphatic heterocycles. The molecule has 2 aromatic rings. The molecule has 8 heteroatoms. The maximum atomic E-state index is 12.4. The molecule has 0 aromatic heterocycles. The monoisotopic (exact) mass is 582 g/mol. The third-order valence-corrected chi connectivity index (χ3v) is 8.36. The van der Waals surface area contributed by atoms with Crippen LogP contribution in [0.15, 0.2) is 48.5 Å².